The minimum atomic E-state index is 0.0491. The molecule has 1 aliphatic carbocycles. The standard InChI is InChI=1S/C16H21N3O2/c20-15(11-3-4-11)18-13-5-7-14(8-6-13)19-16(21)12-2-1-9-17-10-12/h5-8,11-12,17H,1-4,9-10H2,(H,18,20)(H,19,21). The zero-order valence-corrected chi connectivity index (χ0v) is 12.0. The van der Waals surface area contributed by atoms with E-state index in [1.807, 2.05) is 24.3 Å². The number of carbonyl (C=O) groups excluding carboxylic acids is 2. The van der Waals surface area contributed by atoms with E-state index in [4.69, 9.17) is 0 Å². The Morgan fingerprint density at radius 1 is 0.905 bits per heavy atom. The van der Waals surface area contributed by atoms with Crippen LogP contribution >= 0.6 is 0 Å². The lowest BCUT2D eigenvalue weighted by atomic mass is 9.99. The van der Waals surface area contributed by atoms with Crippen molar-refractivity contribution in [3.05, 3.63) is 24.3 Å². The van der Waals surface area contributed by atoms with Gasteiger partial charge < -0.3 is 16.0 Å². The topological polar surface area (TPSA) is 70.2 Å². The van der Waals surface area contributed by atoms with Crippen molar-refractivity contribution in [3.8, 4) is 0 Å². The minimum absolute atomic E-state index is 0.0491. The highest BCUT2D eigenvalue weighted by Crippen LogP contribution is 2.30. The van der Waals surface area contributed by atoms with E-state index in [0.29, 0.717) is 0 Å². The van der Waals surface area contributed by atoms with Crippen molar-refractivity contribution in [2.75, 3.05) is 23.7 Å². The molecule has 1 heterocycles. The first-order valence-electron chi connectivity index (χ1n) is 7.65. The summed E-state index contributed by atoms with van der Waals surface area (Å²) in [4.78, 5) is 23.8. The van der Waals surface area contributed by atoms with Crippen LogP contribution in [0.5, 0.6) is 0 Å². The lowest BCUT2D eigenvalue weighted by Crippen LogP contribution is -2.37. The van der Waals surface area contributed by atoms with Gasteiger partial charge in [0.2, 0.25) is 11.8 Å². The first-order valence-corrected chi connectivity index (χ1v) is 7.65. The number of benzene rings is 1. The van der Waals surface area contributed by atoms with Crippen molar-refractivity contribution >= 4 is 23.2 Å². The number of amides is 2. The van der Waals surface area contributed by atoms with Gasteiger partial charge >= 0.3 is 0 Å². The van der Waals surface area contributed by atoms with Crippen molar-refractivity contribution in [3.63, 3.8) is 0 Å². The molecule has 5 heteroatoms. The molecule has 1 atom stereocenters. The largest absolute Gasteiger partial charge is 0.326 e. The molecule has 0 spiro atoms. The van der Waals surface area contributed by atoms with Gasteiger partial charge in [0.25, 0.3) is 0 Å². The van der Waals surface area contributed by atoms with Crippen molar-refractivity contribution in [1.82, 2.24) is 5.32 Å². The molecule has 1 saturated heterocycles. The molecule has 2 fully saturated rings. The summed E-state index contributed by atoms with van der Waals surface area (Å²) < 4.78 is 0. The molecule has 1 aromatic rings. The van der Waals surface area contributed by atoms with Gasteiger partial charge in [0.1, 0.15) is 0 Å². The smallest absolute Gasteiger partial charge is 0.228 e. The maximum absolute atomic E-state index is 12.1. The summed E-state index contributed by atoms with van der Waals surface area (Å²) in [7, 11) is 0. The Hall–Kier alpha value is -1.88. The van der Waals surface area contributed by atoms with E-state index in [1.165, 1.54) is 0 Å². The van der Waals surface area contributed by atoms with E-state index in [9.17, 15) is 9.59 Å². The molecular formula is C16H21N3O2. The fourth-order valence-corrected chi connectivity index (χ4v) is 2.55. The van der Waals surface area contributed by atoms with E-state index in [-0.39, 0.29) is 23.7 Å². The number of hydrogen-bond acceptors (Lipinski definition) is 3. The van der Waals surface area contributed by atoms with Crippen LogP contribution in [0.3, 0.4) is 0 Å². The van der Waals surface area contributed by atoms with Gasteiger partial charge in [-0.2, -0.15) is 0 Å². The summed E-state index contributed by atoms with van der Waals surface area (Å²) >= 11 is 0. The normalized spacial score (nSPS) is 21.6. The predicted octanol–water partition coefficient (Wildman–Crippen LogP) is 1.97. The quantitative estimate of drug-likeness (QED) is 0.793. The highest BCUT2D eigenvalue weighted by Gasteiger charge is 2.29. The van der Waals surface area contributed by atoms with Crippen LogP contribution in [0.2, 0.25) is 0 Å². The fourth-order valence-electron chi connectivity index (χ4n) is 2.55. The molecule has 3 rings (SSSR count). The van der Waals surface area contributed by atoms with Gasteiger partial charge in [-0.15, -0.1) is 0 Å². The van der Waals surface area contributed by atoms with E-state index >= 15 is 0 Å². The van der Waals surface area contributed by atoms with Crippen LogP contribution < -0.4 is 16.0 Å². The van der Waals surface area contributed by atoms with Crippen molar-refractivity contribution < 1.29 is 9.59 Å². The first-order chi connectivity index (χ1) is 10.2. The Labute approximate surface area is 124 Å². The third-order valence-electron chi connectivity index (χ3n) is 4.04. The maximum atomic E-state index is 12.1. The first kappa shape index (κ1) is 14.1. The molecule has 5 nitrogen and oxygen atoms in total. The molecule has 1 aliphatic heterocycles. The number of piperidine rings is 1. The number of nitrogens with one attached hydrogen (secondary N) is 3. The molecular weight excluding hydrogens is 266 g/mol. The second-order valence-electron chi connectivity index (χ2n) is 5.87. The van der Waals surface area contributed by atoms with Gasteiger partial charge in [0.05, 0.1) is 5.92 Å². The second-order valence-corrected chi connectivity index (χ2v) is 5.87. The lowest BCUT2D eigenvalue weighted by Gasteiger charge is -2.21. The van der Waals surface area contributed by atoms with Crippen LogP contribution in [0.25, 0.3) is 0 Å². The molecule has 1 unspecified atom stereocenters. The Kier molecular flexibility index (Phi) is 4.20. The minimum Gasteiger partial charge on any atom is -0.326 e. The molecule has 0 bridgehead atoms. The Bertz CT molecular complexity index is 517. The summed E-state index contributed by atoms with van der Waals surface area (Å²) in [5.41, 5.74) is 1.55. The van der Waals surface area contributed by atoms with Crippen LogP contribution in [0.1, 0.15) is 25.7 Å². The van der Waals surface area contributed by atoms with Crippen LogP contribution in [0, 0.1) is 11.8 Å². The van der Waals surface area contributed by atoms with Crippen molar-refractivity contribution in [2.45, 2.75) is 25.7 Å². The SMILES string of the molecule is O=C(Nc1ccc(NC(=O)C2CCCNC2)cc1)C1CC1. The Balaban J connectivity index is 1.53. The second kappa shape index (κ2) is 6.26. The van der Waals surface area contributed by atoms with Gasteiger partial charge in [0.15, 0.2) is 0 Å². The molecule has 2 aliphatic rings. The average Bonchev–Trinajstić information content (AvgIpc) is 3.35. The van der Waals surface area contributed by atoms with Gasteiger partial charge in [-0.3, -0.25) is 9.59 Å². The van der Waals surface area contributed by atoms with Crippen LogP contribution in [-0.2, 0) is 9.59 Å². The Morgan fingerprint density at radius 2 is 1.48 bits per heavy atom. The third kappa shape index (κ3) is 3.82. The number of carbonyl (C=O) groups is 2. The molecule has 112 valence electrons. The van der Waals surface area contributed by atoms with Crippen LogP contribution in [0.4, 0.5) is 11.4 Å². The zero-order chi connectivity index (χ0) is 14.7. The van der Waals surface area contributed by atoms with E-state index in [2.05, 4.69) is 16.0 Å². The number of anilines is 2. The molecule has 1 saturated carbocycles. The summed E-state index contributed by atoms with van der Waals surface area (Å²) in [6.45, 7) is 1.75. The van der Waals surface area contributed by atoms with E-state index in [0.717, 1.165) is 50.1 Å². The van der Waals surface area contributed by atoms with Crippen molar-refractivity contribution in [1.29, 1.82) is 0 Å². The molecule has 1 aromatic carbocycles. The number of hydrogen-bond donors (Lipinski definition) is 3. The van der Waals surface area contributed by atoms with E-state index < -0.39 is 0 Å². The molecule has 0 aromatic heterocycles. The molecule has 21 heavy (non-hydrogen) atoms. The fraction of sp³-hybridized carbons (Fsp3) is 0.500. The van der Waals surface area contributed by atoms with Gasteiger partial charge in [-0.1, -0.05) is 0 Å². The average molecular weight is 287 g/mol. The van der Waals surface area contributed by atoms with Crippen molar-refractivity contribution in [2.24, 2.45) is 11.8 Å². The highest BCUT2D eigenvalue weighted by atomic mass is 16.2. The summed E-state index contributed by atoms with van der Waals surface area (Å²) in [6.07, 6.45) is 3.98. The molecule has 0 radical (unpaired) electrons. The predicted molar refractivity (Wildman–Crippen MR) is 82.0 cm³/mol. The monoisotopic (exact) mass is 287 g/mol. The van der Waals surface area contributed by atoms with Gasteiger partial charge in [-0.05, 0) is 56.5 Å². The highest BCUT2D eigenvalue weighted by molar-refractivity contribution is 5.95. The summed E-state index contributed by atoms with van der Waals surface area (Å²) in [5, 5.41) is 9.06. The molecule has 2 amide bonds. The van der Waals surface area contributed by atoms with Crippen LogP contribution in [0.15, 0.2) is 24.3 Å². The van der Waals surface area contributed by atoms with E-state index in [1.54, 1.807) is 0 Å². The third-order valence-corrected chi connectivity index (χ3v) is 4.04. The Morgan fingerprint density at radius 3 is 1.95 bits per heavy atom. The van der Waals surface area contributed by atoms with Gasteiger partial charge in [-0.25, -0.2) is 0 Å². The lowest BCUT2D eigenvalue weighted by molar-refractivity contribution is -0.120. The zero-order valence-electron chi connectivity index (χ0n) is 12.0. The summed E-state index contributed by atoms with van der Waals surface area (Å²) in [6, 6.07) is 7.32. The van der Waals surface area contributed by atoms with Gasteiger partial charge in [0, 0.05) is 23.8 Å². The van der Waals surface area contributed by atoms with Crippen LogP contribution in [-0.4, -0.2) is 24.9 Å². The number of rotatable bonds is 4. The summed E-state index contributed by atoms with van der Waals surface area (Å²) in [5.74, 6) is 0.410. The maximum Gasteiger partial charge on any atom is 0.228 e. The molecule has 3 N–H and O–H groups in total.